The zero-order valence-electron chi connectivity index (χ0n) is 29.5. The number of nitrogens with two attached hydrogens (primary N) is 1. The first kappa shape index (κ1) is 41.0. The molecule has 21 heteroatoms. The van der Waals surface area contributed by atoms with Crippen molar-refractivity contribution in [3.05, 3.63) is 83.2 Å². The Morgan fingerprint density at radius 2 is 1.84 bits per heavy atom. The number of aliphatic imine (C=N–C) groups is 1. The van der Waals surface area contributed by atoms with E-state index < -0.39 is 78.8 Å². The molecule has 12 nitrogen and oxygen atoms in total. The molecule has 1 fully saturated rings. The number of hydrogen-bond acceptors (Lipinski definition) is 8. The third-order valence-corrected chi connectivity index (χ3v) is 9.41. The Morgan fingerprint density at radius 1 is 1.15 bits per heavy atom. The van der Waals surface area contributed by atoms with Crippen LogP contribution in [0, 0.1) is 5.41 Å². The van der Waals surface area contributed by atoms with Crippen LogP contribution in [0.3, 0.4) is 0 Å². The van der Waals surface area contributed by atoms with E-state index in [-0.39, 0.29) is 27.9 Å². The number of aromatic nitrogens is 6. The molecule has 0 saturated heterocycles. The lowest BCUT2D eigenvalue weighted by molar-refractivity contribution is -0.216. The highest BCUT2D eigenvalue weighted by Gasteiger charge is 2.59. The van der Waals surface area contributed by atoms with Gasteiger partial charge < -0.3 is 11.1 Å². The van der Waals surface area contributed by atoms with Crippen molar-refractivity contribution in [1.82, 2.24) is 40.0 Å². The van der Waals surface area contributed by atoms with Crippen LogP contribution < -0.4 is 11.1 Å². The predicted molar refractivity (Wildman–Crippen MR) is 184 cm³/mol. The Labute approximate surface area is 313 Å². The van der Waals surface area contributed by atoms with Crippen LogP contribution in [0.5, 0.6) is 0 Å². The van der Waals surface area contributed by atoms with Crippen LogP contribution in [0.25, 0.3) is 11.3 Å². The van der Waals surface area contributed by atoms with Crippen molar-refractivity contribution >= 4 is 34.9 Å². The molecule has 55 heavy (non-hydrogen) atoms. The van der Waals surface area contributed by atoms with Crippen molar-refractivity contribution in [2.24, 2.45) is 16.1 Å². The van der Waals surface area contributed by atoms with Gasteiger partial charge >= 0.3 is 12.4 Å². The third-order valence-electron chi connectivity index (χ3n) is 9.09. The van der Waals surface area contributed by atoms with Gasteiger partial charge in [0, 0.05) is 6.54 Å². The number of alkyl halides is 8. The van der Waals surface area contributed by atoms with Gasteiger partial charge in [-0.15, -0.1) is 0 Å². The maximum Gasteiger partial charge on any atom is 0.397 e. The summed E-state index contributed by atoms with van der Waals surface area (Å²) in [5, 5.41) is 14.4. The molecule has 3 heterocycles. The number of hydrogen-bond donors (Lipinski definition) is 2. The minimum Gasteiger partial charge on any atom is -0.369 e. The summed E-state index contributed by atoms with van der Waals surface area (Å²) in [5.41, 5.74) is 1.68. The number of carbonyl (C=O) groups excluding carboxylic acids is 2. The molecule has 296 valence electrons. The van der Waals surface area contributed by atoms with E-state index >= 15 is 0 Å². The van der Waals surface area contributed by atoms with Gasteiger partial charge in [-0.2, -0.15) is 46.4 Å². The van der Waals surface area contributed by atoms with Gasteiger partial charge in [-0.1, -0.05) is 56.3 Å². The molecule has 2 aromatic heterocycles. The summed E-state index contributed by atoms with van der Waals surface area (Å²) in [4.78, 5) is 37.2. The SMILES string of the molecule is C=C(/C=C\C(=C/C)c1cnn(C2CC2)n1)[C@@]1(CC(C)(C)C(F)(F)F)N=C(N)N([C@H](CNC(=O)CC(F)(F)F)c2ccc(Cl)c(-n3ncnc3C(F)F)c2)C1=O. The molecule has 1 saturated carbocycles. The summed E-state index contributed by atoms with van der Waals surface area (Å²) in [5.74, 6) is -4.19. The quantitative estimate of drug-likeness (QED) is 0.132. The van der Waals surface area contributed by atoms with Gasteiger partial charge in [0.25, 0.3) is 12.3 Å². The summed E-state index contributed by atoms with van der Waals surface area (Å²) in [6, 6.07) is 2.17. The fourth-order valence-corrected chi connectivity index (χ4v) is 6.12. The van der Waals surface area contributed by atoms with Gasteiger partial charge in [0.05, 0.1) is 34.4 Å². The van der Waals surface area contributed by atoms with E-state index in [9.17, 15) is 44.7 Å². The van der Waals surface area contributed by atoms with E-state index in [1.165, 1.54) is 30.5 Å². The fraction of sp³-hybridized carbons (Fsp3) is 0.441. The highest BCUT2D eigenvalue weighted by molar-refractivity contribution is 6.32. The van der Waals surface area contributed by atoms with Crippen LogP contribution in [0.1, 0.15) is 82.0 Å². The number of halogens is 9. The van der Waals surface area contributed by atoms with E-state index in [4.69, 9.17) is 17.3 Å². The van der Waals surface area contributed by atoms with E-state index in [0.717, 1.165) is 44.0 Å². The molecule has 0 bridgehead atoms. The highest BCUT2D eigenvalue weighted by Crippen LogP contribution is 2.49. The van der Waals surface area contributed by atoms with Crippen LogP contribution in [0.15, 0.2) is 66.1 Å². The molecule has 3 N–H and O–H groups in total. The van der Waals surface area contributed by atoms with E-state index in [0.29, 0.717) is 15.9 Å². The number of nitrogens with one attached hydrogen (secondary N) is 1. The molecule has 5 rings (SSSR count). The van der Waals surface area contributed by atoms with Gasteiger partial charge in [0.2, 0.25) is 5.91 Å². The minimum atomic E-state index is -4.92. The highest BCUT2D eigenvalue weighted by atomic mass is 35.5. The van der Waals surface area contributed by atoms with Crippen molar-refractivity contribution in [3.63, 3.8) is 0 Å². The Hall–Kier alpha value is -5.14. The smallest absolute Gasteiger partial charge is 0.369 e. The minimum absolute atomic E-state index is 0.0593. The van der Waals surface area contributed by atoms with Gasteiger partial charge in [-0.3, -0.25) is 14.5 Å². The second-order valence-corrected chi connectivity index (χ2v) is 14.0. The van der Waals surface area contributed by atoms with Gasteiger partial charge in [0.1, 0.15) is 18.4 Å². The molecule has 1 aliphatic heterocycles. The van der Waals surface area contributed by atoms with Crippen molar-refractivity contribution in [2.75, 3.05) is 6.54 Å². The average Bonchev–Trinajstić information content (AvgIpc) is 3.49. The van der Waals surface area contributed by atoms with Crippen molar-refractivity contribution in [3.8, 4) is 5.69 Å². The first-order chi connectivity index (χ1) is 25.6. The molecule has 0 unspecified atom stereocenters. The van der Waals surface area contributed by atoms with E-state index in [2.05, 4.69) is 37.2 Å². The number of carbonyl (C=O) groups is 2. The number of guanidine groups is 1. The summed E-state index contributed by atoms with van der Waals surface area (Å²) >= 11 is 6.33. The lowest BCUT2D eigenvalue weighted by atomic mass is 9.74. The maximum atomic E-state index is 14.7. The van der Waals surface area contributed by atoms with Gasteiger partial charge in [-0.05, 0) is 55.0 Å². The first-order valence-electron chi connectivity index (χ1n) is 16.6. The maximum absolute atomic E-state index is 14.7. The Kier molecular flexibility index (Phi) is 11.3. The summed E-state index contributed by atoms with van der Waals surface area (Å²) in [7, 11) is 0. The number of amides is 2. The molecule has 2 atom stereocenters. The summed E-state index contributed by atoms with van der Waals surface area (Å²) in [6.45, 7) is 6.52. The lowest BCUT2D eigenvalue weighted by Crippen LogP contribution is -2.52. The first-order valence-corrected chi connectivity index (χ1v) is 17.0. The number of allylic oxidation sites excluding steroid dienone is 3. The molecule has 0 spiro atoms. The number of rotatable bonds is 14. The largest absolute Gasteiger partial charge is 0.397 e. The lowest BCUT2D eigenvalue weighted by Gasteiger charge is -2.37. The van der Waals surface area contributed by atoms with E-state index in [1.54, 1.807) is 17.8 Å². The third kappa shape index (κ3) is 8.73. The van der Waals surface area contributed by atoms with Gasteiger partial charge in [0.15, 0.2) is 17.3 Å². The second-order valence-electron chi connectivity index (χ2n) is 13.6. The molecule has 2 amide bonds. The Balaban J connectivity index is 1.59. The second kappa shape index (κ2) is 15.2. The van der Waals surface area contributed by atoms with Crippen LogP contribution in [-0.2, 0) is 9.59 Å². The van der Waals surface area contributed by atoms with Crippen molar-refractivity contribution in [2.45, 2.75) is 82.9 Å². The monoisotopic (exact) mass is 802 g/mol. The van der Waals surface area contributed by atoms with Crippen LogP contribution in [0.4, 0.5) is 35.1 Å². The molecular formula is C34H35ClF8N10O2. The normalized spacial score (nSPS) is 19.1. The summed E-state index contributed by atoms with van der Waals surface area (Å²) < 4.78 is 111. The average molecular weight is 803 g/mol. The Morgan fingerprint density at radius 3 is 2.44 bits per heavy atom. The predicted octanol–water partition coefficient (Wildman–Crippen LogP) is 6.98. The fourth-order valence-electron chi connectivity index (χ4n) is 5.92. The van der Waals surface area contributed by atoms with Crippen LogP contribution >= 0.6 is 11.6 Å². The van der Waals surface area contributed by atoms with Crippen LogP contribution in [-0.4, -0.2) is 76.9 Å². The van der Waals surface area contributed by atoms with Crippen molar-refractivity contribution < 1.29 is 44.7 Å². The molecule has 3 aromatic rings. The zero-order chi connectivity index (χ0) is 40.7. The topological polar surface area (TPSA) is 149 Å². The molecule has 0 radical (unpaired) electrons. The molecule has 1 aliphatic carbocycles. The molecular weight excluding hydrogens is 768 g/mol. The number of benzene rings is 1. The zero-order valence-corrected chi connectivity index (χ0v) is 30.2. The Bertz CT molecular complexity index is 2050. The molecule has 2 aliphatic rings. The standard InChI is InChI=1S/C34H35ClF8N10O2/c1-5-19(23-14-47-53(50-23)21-9-10-21)7-6-18(2)32(16-31(3,4)34(41,42)43)29(55)51(30(44)49-32)25(15-45-26(54)13-33(38,39)40)20-8-11-22(35)24(12-20)52-28(27(36)37)46-17-48-52/h5-8,11-12,14,17,21,25,27H,2,9-10,13,15-16H2,1,3-4H3,(H2,44,49)(H,45,54)/b7-6-,19-5+/t25-,32-/m1/s1. The van der Waals surface area contributed by atoms with E-state index in [1.807, 2.05) is 0 Å². The van der Waals surface area contributed by atoms with Crippen LogP contribution in [0.2, 0.25) is 5.02 Å². The van der Waals surface area contributed by atoms with Gasteiger partial charge in [-0.25, -0.2) is 23.4 Å². The van der Waals surface area contributed by atoms with Crippen molar-refractivity contribution in [1.29, 1.82) is 0 Å². The number of nitrogens with zero attached hydrogens (tertiary/aromatic N) is 8. The molecule has 1 aromatic carbocycles. The summed E-state index contributed by atoms with van der Waals surface area (Å²) in [6.07, 6.45) is -7.33.